The number of Topliss-reactive ketones (excluding diaryl/α,β-unsaturated/α-hetero) is 1. The van der Waals surface area contributed by atoms with Gasteiger partial charge in [0.05, 0.1) is 5.69 Å². The Kier molecular flexibility index (Phi) is 3.52. The van der Waals surface area contributed by atoms with E-state index in [0.29, 0.717) is 18.5 Å². The number of aryl methyl sites for hydroxylation is 2. The molecule has 0 saturated carbocycles. The van der Waals surface area contributed by atoms with E-state index in [0.717, 1.165) is 16.9 Å². The number of halogens is 1. The van der Waals surface area contributed by atoms with E-state index in [1.165, 1.54) is 12.1 Å². The molecular weight excluding hydrogens is 267 g/mol. The molecule has 0 amide bonds. The fourth-order valence-corrected chi connectivity index (χ4v) is 2.48. The van der Waals surface area contributed by atoms with Crippen molar-refractivity contribution in [2.75, 3.05) is 0 Å². The third-order valence-electron chi connectivity index (χ3n) is 3.52. The van der Waals surface area contributed by atoms with Crippen LogP contribution in [0, 0.1) is 12.7 Å². The summed E-state index contributed by atoms with van der Waals surface area (Å²) in [5.41, 5.74) is 3.11. The van der Waals surface area contributed by atoms with Crippen molar-refractivity contribution in [1.29, 1.82) is 0 Å². The molecule has 0 saturated heterocycles. The third kappa shape index (κ3) is 2.70. The molecule has 0 fully saturated rings. The number of rotatable bonds is 4. The van der Waals surface area contributed by atoms with Gasteiger partial charge in [0.1, 0.15) is 17.2 Å². The van der Waals surface area contributed by atoms with Crippen molar-refractivity contribution >= 4 is 11.4 Å². The lowest BCUT2D eigenvalue weighted by molar-refractivity contribution is 0.0976. The average Bonchev–Trinajstić information content (AvgIpc) is 2.82. The van der Waals surface area contributed by atoms with E-state index in [-0.39, 0.29) is 11.6 Å². The lowest BCUT2D eigenvalue weighted by atomic mass is 10.1. The van der Waals surface area contributed by atoms with Gasteiger partial charge in [-0.15, -0.1) is 0 Å². The molecule has 0 radical (unpaired) electrons. The number of hydrogen-bond donors (Lipinski definition) is 0. The lowest BCUT2D eigenvalue weighted by Crippen LogP contribution is -2.06. The number of imidazole rings is 1. The number of hydrogen-bond acceptors (Lipinski definition) is 2. The zero-order chi connectivity index (χ0) is 14.8. The predicted molar refractivity (Wildman–Crippen MR) is 79.0 cm³/mol. The van der Waals surface area contributed by atoms with Crippen LogP contribution in [0.15, 0.2) is 48.7 Å². The minimum absolute atomic E-state index is 0.0514. The van der Waals surface area contributed by atoms with Crippen LogP contribution in [0.4, 0.5) is 4.39 Å². The van der Waals surface area contributed by atoms with Gasteiger partial charge in [0.2, 0.25) is 0 Å². The number of pyridine rings is 1. The monoisotopic (exact) mass is 282 g/mol. The summed E-state index contributed by atoms with van der Waals surface area (Å²) in [5.74, 6) is -0.210. The van der Waals surface area contributed by atoms with Crippen LogP contribution in [0.2, 0.25) is 0 Å². The van der Waals surface area contributed by atoms with Gasteiger partial charge in [0, 0.05) is 12.6 Å². The van der Waals surface area contributed by atoms with Crippen LogP contribution in [0.25, 0.3) is 5.65 Å². The Morgan fingerprint density at radius 2 is 1.95 bits per heavy atom. The molecule has 0 atom stereocenters. The molecule has 3 nitrogen and oxygen atoms in total. The van der Waals surface area contributed by atoms with Crippen molar-refractivity contribution in [1.82, 2.24) is 9.38 Å². The van der Waals surface area contributed by atoms with Crippen molar-refractivity contribution in [3.05, 3.63) is 71.4 Å². The number of ketones is 1. The molecule has 0 bridgehead atoms. The summed E-state index contributed by atoms with van der Waals surface area (Å²) >= 11 is 0. The lowest BCUT2D eigenvalue weighted by Gasteiger charge is -2.03. The van der Waals surface area contributed by atoms with E-state index < -0.39 is 0 Å². The van der Waals surface area contributed by atoms with Crippen molar-refractivity contribution in [3.63, 3.8) is 0 Å². The minimum atomic E-state index is -0.261. The highest BCUT2D eigenvalue weighted by atomic mass is 19.1. The molecule has 3 aromatic rings. The summed E-state index contributed by atoms with van der Waals surface area (Å²) in [4.78, 5) is 16.8. The van der Waals surface area contributed by atoms with Gasteiger partial charge in [-0.05, 0) is 43.2 Å². The first-order valence-corrected chi connectivity index (χ1v) is 6.86. The topological polar surface area (TPSA) is 34.4 Å². The highest BCUT2D eigenvalue weighted by Crippen LogP contribution is 2.15. The van der Waals surface area contributed by atoms with Crippen molar-refractivity contribution < 1.29 is 9.18 Å². The standard InChI is InChI=1S/C17H15FN2O/c1-12-17(20-11-3-2-4-16(20)19-12)15(21)10-7-13-5-8-14(18)9-6-13/h2-6,8-9,11H,7,10H2,1H3. The second-order valence-electron chi connectivity index (χ2n) is 5.02. The van der Waals surface area contributed by atoms with E-state index in [9.17, 15) is 9.18 Å². The molecule has 0 aliphatic rings. The van der Waals surface area contributed by atoms with Gasteiger partial charge in [-0.25, -0.2) is 9.37 Å². The Labute approximate surface area is 122 Å². The highest BCUT2D eigenvalue weighted by molar-refractivity contribution is 5.96. The molecule has 21 heavy (non-hydrogen) atoms. The maximum Gasteiger partial charge on any atom is 0.181 e. The van der Waals surface area contributed by atoms with Crippen LogP contribution in [-0.2, 0) is 6.42 Å². The average molecular weight is 282 g/mol. The Hall–Kier alpha value is -2.49. The van der Waals surface area contributed by atoms with Crippen molar-refractivity contribution in [2.24, 2.45) is 0 Å². The van der Waals surface area contributed by atoms with Gasteiger partial charge in [-0.3, -0.25) is 9.20 Å². The number of fused-ring (bicyclic) bond motifs is 1. The number of carbonyl (C=O) groups is 1. The molecule has 0 aliphatic heterocycles. The molecule has 3 rings (SSSR count). The molecule has 0 spiro atoms. The fourth-order valence-electron chi connectivity index (χ4n) is 2.48. The van der Waals surface area contributed by atoms with E-state index in [4.69, 9.17) is 0 Å². The second-order valence-corrected chi connectivity index (χ2v) is 5.02. The first kappa shape index (κ1) is 13.5. The molecular formula is C17H15FN2O. The number of benzene rings is 1. The first-order chi connectivity index (χ1) is 10.1. The van der Waals surface area contributed by atoms with Gasteiger partial charge in [0.25, 0.3) is 0 Å². The van der Waals surface area contributed by atoms with Gasteiger partial charge in [-0.1, -0.05) is 18.2 Å². The molecule has 1 aromatic carbocycles. The number of carbonyl (C=O) groups excluding carboxylic acids is 1. The van der Waals surface area contributed by atoms with Gasteiger partial charge in [-0.2, -0.15) is 0 Å². The summed E-state index contributed by atoms with van der Waals surface area (Å²) in [6, 6.07) is 11.9. The Bertz CT molecular complexity index is 790. The van der Waals surface area contributed by atoms with Crippen molar-refractivity contribution in [2.45, 2.75) is 19.8 Å². The maximum atomic E-state index is 12.9. The van der Waals surface area contributed by atoms with Crippen LogP contribution < -0.4 is 0 Å². The second kappa shape index (κ2) is 5.48. The van der Waals surface area contributed by atoms with Crippen LogP contribution >= 0.6 is 0 Å². The van der Waals surface area contributed by atoms with Crippen LogP contribution in [0.3, 0.4) is 0 Å². The number of aromatic nitrogens is 2. The van der Waals surface area contributed by atoms with Gasteiger partial charge < -0.3 is 0 Å². The van der Waals surface area contributed by atoms with E-state index in [1.807, 2.05) is 35.7 Å². The summed E-state index contributed by atoms with van der Waals surface area (Å²) in [7, 11) is 0. The zero-order valence-electron chi connectivity index (χ0n) is 11.7. The summed E-state index contributed by atoms with van der Waals surface area (Å²) < 4.78 is 14.7. The Morgan fingerprint density at radius 1 is 1.19 bits per heavy atom. The highest BCUT2D eigenvalue weighted by Gasteiger charge is 2.15. The van der Waals surface area contributed by atoms with Gasteiger partial charge in [0.15, 0.2) is 5.78 Å². The zero-order valence-corrected chi connectivity index (χ0v) is 11.7. The van der Waals surface area contributed by atoms with Crippen LogP contribution in [-0.4, -0.2) is 15.2 Å². The third-order valence-corrected chi connectivity index (χ3v) is 3.52. The molecule has 0 aliphatic carbocycles. The van der Waals surface area contributed by atoms with Crippen LogP contribution in [0.5, 0.6) is 0 Å². The molecule has 4 heteroatoms. The SMILES string of the molecule is Cc1nc2ccccn2c1C(=O)CCc1ccc(F)cc1. The molecule has 0 unspecified atom stereocenters. The molecule has 2 heterocycles. The summed E-state index contributed by atoms with van der Waals surface area (Å²) in [6.07, 6.45) is 2.83. The number of nitrogens with zero attached hydrogens (tertiary/aromatic N) is 2. The van der Waals surface area contributed by atoms with E-state index in [1.54, 1.807) is 12.1 Å². The molecule has 106 valence electrons. The first-order valence-electron chi connectivity index (χ1n) is 6.86. The fraction of sp³-hybridized carbons (Fsp3) is 0.176. The van der Waals surface area contributed by atoms with Crippen molar-refractivity contribution in [3.8, 4) is 0 Å². The van der Waals surface area contributed by atoms with Crippen LogP contribution in [0.1, 0.15) is 28.2 Å². The molecule has 2 aromatic heterocycles. The van der Waals surface area contributed by atoms with E-state index >= 15 is 0 Å². The summed E-state index contributed by atoms with van der Waals surface area (Å²) in [6.45, 7) is 1.85. The Morgan fingerprint density at radius 3 is 2.71 bits per heavy atom. The minimum Gasteiger partial charge on any atom is -0.297 e. The normalized spacial score (nSPS) is 11.0. The van der Waals surface area contributed by atoms with E-state index in [2.05, 4.69) is 4.98 Å². The predicted octanol–water partition coefficient (Wildman–Crippen LogP) is 3.60. The summed E-state index contributed by atoms with van der Waals surface area (Å²) in [5, 5.41) is 0. The smallest absolute Gasteiger partial charge is 0.181 e. The van der Waals surface area contributed by atoms with Gasteiger partial charge >= 0.3 is 0 Å². The quantitative estimate of drug-likeness (QED) is 0.685. The Balaban J connectivity index is 1.81. The largest absolute Gasteiger partial charge is 0.297 e. The maximum absolute atomic E-state index is 12.9. The molecule has 0 N–H and O–H groups in total.